The van der Waals surface area contributed by atoms with Gasteiger partial charge in [-0.1, -0.05) is 6.08 Å². The average molecular weight is 176 g/mol. The van der Waals surface area contributed by atoms with Gasteiger partial charge in [0.2, 0.25) is 0 Å². The van der Waals surface area contributed by atoms with E-state index in [1.807, 2.05) is 0 Å². The Morgan fingerprint density at radius 1 is 1.55 bits per heavy atom. The lowest BCUT2D eigenvalue weighted by Crippen LogP contribution is -2.09. The highest BCUT2D eigenvalue weighted by Gasteiger charge is 2.02. The third kappa shape index (κ3) is 4.93. The third-order valence-corrected chi connectivity index (χ3v) is 1.43. The molecule has 1 unspecified atom stereocenters. The van der Waals surface area contributed by atoms with Crippen molar-refractivity contribution >= 4 is 15.4 Å². The van der Waals surface area contributed by atoms with E-state index in [0.717, 1.165) is 0 Å². The van der Waals surface area contributed by atoms with Gasteiger partial charge in [0.05, 0.1) is 6.61 Å². The molecule has 0 saturated heterocycles. The summed E-state index contributed by atoms with van der Waals surface area (Å²) in [6.45, 7) is 4.22. The smallest absolute Gasteiger partial charge is 0.333 e. The van der Waals surface area contributed by atoms with Gasteiger partial charge in [0.25, 0.3) is 0 Å². The summed E-state index contributed by atoms with van der Waals surface area (Å²) in [6, 6.07) is 0. The van der Waals surface area contributed by atoms with E-state index >= 15 is 0 Å². The predicted octanol–water partition coefficient (Wildman–Crippen LogP) is 1.30. The van der Waals surface area contributed by atoms with Crippen LogP contribution in [0.1, 0.15) is 13.8 Å². The van der Waals surface area contributed by atoms with Gasteiger partial charge in [-0.2, -0.15) is 0 Å². The summed E-state index contributed by atoms with van der Waals surface area (Å²) < 4.78 is 9.42. The molecule has 0 N–H and O–H groups in total. The van der Waals surface area contributed by atoms with Crippen molar-refractivity contribution in [3.05, 3.63) is 11.6 Å². The molecule has 0 aromatic heterocycles. The van der Waals surface area contributed by atoms with Crippen molar-refractivity contribution in [2.75, 3.05) is 13.2 Å². The molecule has 0 rings (SSSR count). The molecule has 1 atom stereocenters. The summed E-state index contributed by atoms with van der Waals surface area (Å²) in [7, 11) is 2.09. The van der Waals surface area contributed by atoms with Crippen LogP contribution in [-0.4, -0.2) is 19.2 Å². The van der Waals surface area contributed by atoms with E-state index < -0.39 is 0 Å². The summed E-state index contributed by atoms with van der Waals surface area (Å²) in [5.41, 5.74) is 0.619. The van der Waals surface area contributed by atoms with E-state index in [1.54, 1.807) is 19.9 Å². The third-order valence-electron chi connectivity index (χ3n) is 1.19. The minimum Gasteiger partial charge on any atom is -0.460 e. The highest BCUT2D eigenvalue weighted by molar-refractivity contribution is 7.09. The van der Waals surface area contributed by atoms with Gasteiger partial charge in [0.1, 0.15) is 6.61 Å². The lowest BCUT2D eigenvalue weighted by Gasteiger charge is -2.02. The molecule has 0 radical (unpaired) electrons. The van der Waals surface area contributed by atoms with Crippen LogP contribution in [0, 0.1) is 0 Å². The Hall–Kier alpha value is -0.400. The van der Waals surface area contributed by atoms with Gasteiger partial charge in [-0.3, -0.25) is 0 Å². The molecule has 64 valence electrons. The molecular weight excluding hydrogens is 163 g/mol. The van der Waals surface area contributed by atoms with E-state index in [9.17, 15) is 4.79 Å². The van der Waals surface area contributed by atoms with Gasteiger partial charge in [-0.05, 0) is 13.8 Å². The Kier molecular flexibility index (Phi) is 6.09. The summed E-state index contributed by atoms with van der Waals surface area (Å²) in [4.78, 5) is 10.9. The standard InChI is InChI=1S/C7H13O3P/c1-3-6(2)7(8)9-4-5-10-11/h3H,4-5,11H2,1-2H3. The zero-order chi connectivity index (χ0) is 8.69. The normalized spacial score (nSPS) is 11.4. The summed E-state index contributed by atoms with van der Waals surface area (Å²) in [5.74, 6) is -0.283. The molecule has 0 heterocycles. The maximum absolute atomic E-state index is 10.9. The molecule has 3 nitrogen and oxygen atoms in total. The van der Waals surface area contributed by atoms with E-state index in [-0.39, 0.29) is 5.97 Å². The SMILES string of the molecule is CC=C(C)C(=O)OCCOP. The fourth-order valence-electron chi connectivity index (χ4n) is 0.414. The van der Waals surface area contributed by atoms with Crippen LogP contribution in [0.2, 0.25) is 0 Å². The first-order valence-electron chi connectivity index (χ1n) is 3.34. The van der Waals surface area contributed by atoms with E-state index in [0.29, 0.717) is 18.8 Å². The number of allylic oxidation sites excluding steroid dienone is 1. The van der Waals surface area contributed by atoms with Crippen LogP contribution >= 0.6 is 9.47 Å². The molecule has 0 aromatic carbocycles. The minimum atomic E-state index is -0.283. The Balaban J connectivity index is 3.53. The highest BCUT2D eigenvalue weighted by Crippen LogP contribution is 1.95. The molecule has 11 heavy (non-hydrogen) atoms. The van der Waals surface area contributed by atoms with Gasteiger partial charge in [-0.25, -0.2) is 4.79 Å². The molecule has 0 aromatic rings. The Morgan fingerprint density at radius 2 is 2.18 bits per heavy atom. The van der Waals surface area contributed by atoms with Crippen LogP contribution in [0.5, 0.6) is 0 Å². The van der Waals surface area contributed by atoms with Crippen molar-refractivity contribution in [2.45, 2.75) is 13.8 Å². The van der Waals surface area contributed by atoms with Crippen molar-refractivity contribution < 1.29 is 14.1 Å². The lowest BCUT2D eigenvalue weighted by molar-refractivity contribution is -0.139. The van der Waals surface area contributed by atoms with E-state index in [1.165, 1.54) is 0 Å². The van der Waals surface area contributed by atoms with Crippen LogP contribution in [0.15, 0.2) is 11.6 Å². The average Bonchev–Trinajstić information content (AvgIpc) is 2.03. The molecule has 4 heteroatoms. The number of ether oxygens (including phenoxy) is 1. The molecule has 0 fully saturated rings. The number of hydrogen-bond donors (Lipinski definition) is 0. The van der Waals surface area contributed by atoms with Crippen molar-refractivity contribution in [1.82, 2.24) is 0 Å². The zero-order valence-electron chi connectivity index (χ0n) is 6.79. The van der Waals surface area contributed by atoms with Crippen LogP contribution in [0.3, 0.4) is 0 Å². The van der Waals surface area contributed by atoms with Crippen molar-refractivity contribution in [3.63, 3.8) is 0 Å². The largest absolute Gasteiger partial charge is 0.460 e. The molecule has 0 aliphatic carbocycles. The quantitative estimate of drug-likeness (QED) is 0.280. The van der Waals surface area contributed by atoms with Crippen LogP contribution in [0.25, 0.3) is 0 Å². The Morgan fingerprint density at radius 3 is 2.64 bits per heavy atom. The summed E-state index contributed by atoms with van der Waals surface area (Å²) >= 11 is 0. The molecule has 0 spiro atoms. The molecular formula is C7H13O3P. The molecule has 0 aliphatic heterocycles. The van der Waals surface area contributed by atoms with Crippen molar-refractivity contribution in [1.29, 1.82) is 0 Å². The second kappa shape index (κ2) is 6.32. The number of esters is 1. The number of rotatable bonds is 4. The van der Waals surface area contributed by atoms with Crippen LogP contribution < -0.4 is 0 Å². The predicted molar refractivity (Wildman–Crippen MR) is 46.1 cm³/mol. The second-order valence-corrected chi connectivity index (χ2v) is 2.31. The lowest BCUT2D eigenvalue weighted by atomic mass is 10.3. The number of carbonyl (C=O) groups excluding carboxylic acids is 1. The van der Waals surface area contributed by atoms with Crippen LogP contribution in [-0.2, 0) is 14.1 Å². The zero-order valence-corrected chi connectivity index (χ0v) is 7.95. The first-order chi connectivity index (χ1) is 5.22. The summed E-state index contributed by atoms with van der Waals surface area (Å²) in [6.07, 6.45) is 1.71. The van der Waals surface area contributed by atoms with Gasteiger partial charge >= 0.3 is 5.97 Å². The van der Waals surface area contributed by atoms with Gasteiger partial charge in [-0.15, -0.1) is 0 Å². The second-order valence-electron chi connectivity index (χ2n) is 1.98. The van der Waals surface area contributed by atoms with Crippen molar-refractivity contribution in [3.8, 4) is 0 Å². The number of carbonyl (C=O) groups is 1. The minimum absolute atomic E-state index is 0.283. The first-order valence-corrected chi connectivity index (χ1v) is 3.81. The Labute approximate surface area is 69.0 Å². The maximum Gasteiger partial charge on any atom is 0.333 e. The van der Waals surface area contributed by atoms with Gasteiger partial charge < -0.3 is 9.26 Å². The molecule has 0 aliphatic rings. The maximum atomic E-state index is 10.9. The molecule has 0 bridgehead atoms. The number of hydrogen-bond acceptors (Lipinski definition) is 3. The van der Waals surface area contributed by atoms with Crippen molar-refractivity contribution in [2.24, 2.45) is 0 Å². The fourth-order valence-corrected chi connectivity index (χ4v) is 0.510. The van der Waals surface area contributed by atoms with Gasteiger partial charge in [0, 0.05) is 15.0 Å². The summed E-state index contributed by atoms with van der Waals surface area (Å²) in [5, 5.41) is 0. The van der Waals surface area contributed by atoms with E-state index in [4.69, 9.17) is 4.74 Å². The molecule has 0 amide bonds. The fraction of sp³-hybridized carbons (Fsp3) is 0.571. The van der Waals surface area contributed by atoms with Gasteiger partial charge in [0.15, 0.2) is 0 Å². The highest BCUT2D eigenvalue weighted by atomic mass is 31.0. The monoisotopic (exact) mass is 176 g/mol. The Bertz CT molecular complexity index is 154. The topological polar surface area (TPSA) is 35.5 Å². The molecule has 0 saturated carbocycles. The van der Waals surface area contributed by atoms with E-state index in [2.05, 4.69) is 14.0 Å². The first kappa shape index (κ1) is 10.6. The van der Waals surface area contributed by atoms with Crippen LogP contribution in [0.4, 0.5) is 0 Å².